The molecule has 0 N–H and O–H groups in total. The minimum atomic E-state index is 0.461. The molecule has 2 heteroatoms. The third-order valence-electron chi connectivity index (χ3n) is 5.62. The van der Waals surface area contributed by atoms with Gasteiger partial charge < -0.3 is 4.74 Å². The largest absolute Gasteiger partial charge is 0.380 e. The van der Waals surface area contributed by atoms with Gasteiger partial charge in [-0.05, 0) is 56.3 Å². The van der Waals surface area contributed by atoms with Gasteiger partial charge in [-0.15, -0.1) is 0 Å². The van der Waals surface area contributed by atoms with Crippen molar-refractivity contribution in [2.45, 2.75) is 51.0 Å². The molecule has 16 heavy (non-hydrogen) atoms. The Labute approximate surface area is 98.3 Å². The molecule has 2 saturated heterocycles. The summed E-state index contributed by atoms with van der Waals surface area (Å²) in [5.74, 6) is 0. The molecule has 2 aliphatic heterocycles. The van der Waals surface area contributed by atoms with Gasteiger partial charge in [0.2, 0.25) is 0 Å². The van der Waals surface area contributed by atoms with E-state index in [1.54, 1.807) is 0 Å². The predicted molar refractivity (Wildman–Crippen MR) is 63.4 cm³/mol. The van der Waals surface area contributed by atoms with Crippen LogP contribution in [0.5, 0.6) is 0 Å². The summed E-state index contributed by atoms with van der Waals surface area (Å²) in [6, 6.07) is 0. The molecule has 0 aromatic carbocycles. The molecule has 2 aliphatic carbocycles. The summed E-state index contributed by atoms with van der Waals surface area (Å²) in [5.41, 5.74) is 1.95. The quantitative estimate of drug-likeness (QED) is 0.726. The highest BCUT2D eigenvalue weighted by Crippen LogP contribution is 2.67. The van der Waals surface area contributed by atoms with Crippen LogP contribution in [0.2, 0.25) is 0 Å². The van der Waals surface area contributed by atoms with Crippen molar-refractivity contribution in [1.29, 1.82) is 0 Å². The molecule has 4 fully saturated rings. The van der Waals surface area contributed by atoms with Crippen LogP contribution in [0.1, 0.15) is 45.4 Å². The first-order chi connectivity index (χ1) is 7.70. The highest BCUT2D eigenvalue weighted by Gasteiger charge is 2.67. The zero-order chi connectivity index (χ0) is 10.9. The summed E-state index contributed by atoms with van der Waals surface area (Å²) in [5, 5.41) is 0. The molecule has 0 bridgehead atoms. The van der Waals surface area contributed by atoms with Crippen LogP contribution in [-0.4, -0.2) is 36.7 Å². The highest BCUT2D eigenvalue weighted by atomic mass is 16.5. The van der Waals surface area contributed by atoms with Crippen molar-refractivity contribution in [2.75, 3.05) is 26.3 Å². The molecule has 2 heterocycles. The van der Waals surface area contributed by atoms with E-state index in [0.717, 1.165) is 24.0 Å². The molecule has 0 aromatic heterocycles. The van der Waals surface area contributed by atoms with Gasteiger partial charge in [0.05, 0.1) is 6.61 Å². The third-order valence-corrected chi connectivity index (χ3v) is 5.62. The van der Waals surface area contributed by atoms with Crippen LogP contribution in [0.25, 0.3) is 0 Å². The van der Waals surface area contributed by atoms with Gasteiger partial charge in [-0.25, -0.2) is 0 Å². The second kappa shape index (κ2) is 2.84. The minimum Gasteiger partial charge on any atom is -0.380 e. The Kier molecular flexibility index (Phi) is 1.76. The fourth-order valence-electron chi connectivity index (χ4n) is 4.50. The number of nitrogens with zero attached hydrogens (tertiary/aromatic N) is 1. The van der Waals surface area contributed by atoms with Gasteiger partial charge in [0.25, 0.3) is 0 Å². The van der Waals surface area contributed by atoms with Crippen LogP contribution in [-0.2, 0) is 4.74 Å². The lowest BCUT2D eigenvalue weighted by molar-refractivity contribution is 0.0410. The van der Waals surface area contributed by atoms with Gasteiger partial charge >= 0.3 is 0 Å². The first-order valence-corrected chi connectivity index (χ1v) is 7.03. The smallest absolute Gasteiger partial charge is 0.0650 e. The van der Waals surface area contributed by atoms with Crippen LogP contribution in [0, 0.1) is 10.8 Å². The third kappa shape index (κ3) is 1.26. The van der Waals surface area contributed by atoms with E-state index in [1.807, 2.05) is 0 Å². The lowest BCUT2D eigenvalue weighted by Crippen LogP contribution is -2.42. The van der Waals surface area contributed by atoms with E-state index >= 15 is 0 Å². The Balaban J connectivity index is 1.58. The van der Waals surface area contributed by atoms with Crippen molar-refractivity contribution < 1.29 is 4.74 Å². The summed E-state index contributed by atoms with van der Waals surface area (Å²) in [7, 11) is 0. The monoisotopic (exact) mass is 221 g/mol. The molecule has 4 rings (SSSR count). The average Bonchev–Trinajstić information content (AvgIpc) is 3.09. The first-order valence-electron chi connectivity index (χ1n) is 7.03. The molecule has 2 nitrogen and oxygen atoms in total. The summed E-state index contributed by atoms with van der Waals surface area (Å²) in [6.45, 7) is 6.80. The van der Waals surface area contributed by atoms with Crippen LogP contribution in [0.3, 0.4) is 0 Å². The second-order valence-electron chi connectivity index (χ2n) is 7.07. The molecule has 4 aliphatic rings. The summed E-state index contributed by atoms with van der Waals surface area (Å²) < 4.78 is 5.82. The zero-order valence-electron chi connectivity index (χ0n) is 10.4. The molecule has 0 amide bonds. The van der Waals surface area contributed by atoms with Crippen LogP contribution < -0.4 is 0 Å². The molecule has 0 radical (unpaired) electrons. The summed E-state index contributed by atoms with van der Waals surface area (Å²) in [6.07, 6.45) is 8.85. The van der Waals surface area contributed by atoms with E-state index < -0.39 is 0 Å². The standard InChI is InChI=1S/C14H23NO/c1-2-16-11-14-7-12(3-4-12)9-15(14)10-13(8-14)5-6-13/h2-11H2,1H3. The number of rotatable bonds is 3. The molecule has 0 unspecified atom stereocenters. The van der Waals surface area contributed by atoms with E-state index in [1.165, 1.54) is 51.6 Å². The van der Waals surface area contributed by atoms with Gasteiger partial charge in [-0.1, -0.05) is 0 Å². The van der Waals surface area contributed by atoms with Crippen molar-refractivity contribution in [2.24, 2.45) is 10.8 Å². The Morgan fingerprint density at radius 2 is 1.56 bits per heavy atom. The Bertz CT molecular complexity index is 293. The maximum Gasteiger partial charge on any atom is 0.0650 e. The fourth-order valence-corrected chi connectivity index (χ4v) is 4.50. The topological polar surface area (TPSA) is 12.5 Å². The number of ether oxygens (including phenoxy) is 1. The highest BCUT2D eigenvalue weighted by molar-refractivity contribution is 5.20. The van der Waals surface area contributed by atoms with Gasteiger partial charge in [0.1, 0.15) is 0 Å². The number of hydrogen-bond donors (Lipinski definition) is 0. The van der Waals surface area contributed by atoms with Gasteiger partial charge in [-0.2, -0.15) is 0 Å². The van der Waals surface area contributed by atoms with Crippen LogP contribution >= 0.6 is 0 Å². The van der Waals surface area contributed by atoms with Crippen molar-refractivity contribution in [3.63, 3.8) is 0 Å². The first kappa shape index (κ1) is 9.90. The van der Waals surface area contributed by atoms with E-state index in [0.29, 0.717) is 5.54 Å². The lowest BCUT2D eigenvalue weighted by atomic mass is 9.85. The normalized spacial score (nSPS) is 35.8. The molecule has 0 atom stereocenters. The van der Waals surface area contributed by atoms with Gasteiger partial charge in [-0.3, -0.25) is 4.90 Å². The number of fused-ring (bicyclic) bond motifs is 1. The predicted octanol–water partition coefficient (Wildman–Crippen LogP) is 2.43. The van der Waals surface area contributed by atoms with Crippen LogP contribution in [0.15, 0.2) is 0 Å². The van der Waals surface area contributed by atoms with E-state index in [-0.39, 0.29) is 0 Å². The fraction of sp³-hybridized carbons (Fsp3) is 1.00. The minimum absolute atomic E-state index is 0.461. The second-order valence-corrected chi connectivity index (χ2v) is 7.07. The van der Waals surface area contributed by atoms with Crippen molar-refractivity contribution in [3.05, 3.63) is 0 Å². The van der Waals surface area contributed by atoms with Gasteiger partial charge in [0, 0.05) is 25.2 Å². The van der Waals surface area contributed by atoms with E-state index in [9.17, 15) is 0 Å². The maximum atomic E-state index is 5.82. The van der Waals surface area contributed by atoms with E-state index in [2.05, 4.69) is 11.8 Å². The molecular formula is C14H23NO. The molecule has 90 valence electrons. The maximum absolute atomic E-state index is 5.82. The Morgan fingerprint density at radius 3 is 2.00 bits per heavy atom. The summed E-state index contributed by atoms with van der Waals surface area (Å²) >= 11 is 0. The van der Waals surface area contributed by atoms with Crippen molar-refractivity contribution in [1.82, 2.24) is 4.90 Å². The lowest BCUT2D eigenvalue weighted by Gasteiger charge is -2.31. The Morgan fingerprint density at radius 1 is 1.00 bits per heavy atom. The van der Waals surface area contributed by atoms with Crippen molar-refractivity contribution >= 4 is 0 Å². The number of hydrogen-bond acceptors (Lipinski definition) is 2. The summed E-state index contributed by atoms with van der Waals surface area (Å²) in [4.78, 5) is 2.82. The average molecular weight is 221 g/mol. The van der Waals surface area contributed by atoms with Crippen molar-refractivity contribution in [3.8, 4) is 0 Å². The van der Waals surface area contributed by atoms with Gasteiger partial charge in [0.15, 0.2) is 0 Å². The Hall–Kier alpha value is -0.0800. The van der Waals surface area contributed by atoms with Crippen LogP contribution in [0.4, 0.5) is 0 Å². The SMILES string of the molecule is CCOCC12CC3(CC3)CN1CC1(CC1)C2. The molecular weight excluding hydrogens is 198 g/mol. The zero-order valence-corrected chi connectivity index (χ0v) is 10.4. The molecule has 2 spiro atoms. The molecule has 0 aromatic rings. The van der Waals surface area contributed by atoms with E-state index in [4.69, 9.17) is 4.74 Å². The molecule has 2 saturated carbocycles.